The number of nitrogens with zero attached hydrogens (tertiary/aromatic N) is 2. The van der Waals surface area contributed by atoms with Gasteiger partial charge in [-0.2, -0.15) is 0 Å². The van der Waals surface area contributed by atoms with Crippen LogP contribution in [0.5, 0.6) is 0 Å². The maximum absolute atomic E-state index is 9.12. The van der Waals surface area contributed by atoms with Crippen LogP contribution in [0.1, 0.15) is 0 Å². The van der Waals surface area contributed by atoms with Gasteiger partial charge in [-0.1, -0.05) is 0 Å². The van der Waals surface area contributed by atoms with Crippen molar-refractivity contribution in [3.05, 3.63) is 26.9 Å². The van der Waals surface area contributed by atoms with Gasteiger partial charge in [0.15, 0.2) is 0 Å². The highest BCUT2D eigenvalue weighted by molar-refractivity contribution is 4.19. The van der Waals surface area contributed by atoms with Crippen LogP contribution in [0.15, 0.2) is 0 Å². The van der Waals surface area contributed by atoms with E-state index in [1.54, 1.807) is 0 Å². The molecule has 48 valence electrons. The number of rotatable bonds is 2. The van der Waals surface area contributed by atoms with Crippen molar-refractivity contribution in [1.29, 1.82) is 0 Å². The van der Waals surface area contributed by atoms with E-state index in [0.717, 1.165) is 0 Å². The van der Waals surface area contributed by atoms with Crippen molar-refractivity contribution in [2.24, 2.45) is 0 Å². The molecule has 4 N–H and O–H groups in total. The molecular weight excluding hydrogens is 118 g/mol. The zero-order valence-corrected chi connectivity index (χ0v) is 4.10. The Morgan fingerprint density at radius 2 is 1.38 bits per heavy atom. The predicted molar refractivity (Wildman–Crippen MR) is 24.3 cm³/mol. The van der Waals surface area contributed by atoms with Gasteiger partial charge in [-0.15, -0.1) is 0 Å². The van der Waals surface area contributed by atoms with Crippen LogP contribution in [0.2, 0.25) is 0 Å². The number of hydrogen-bond acceptors (Lipinski definition) is 4. The molecule has 0 aliphatic carbocycles. The van der Waals surface area contributed by atoms with Crippen molar-refractivity contribution in [1.82, 2.24) is 6.15 Å². The summed E-state index contributed by atoms with van der Waals surface area (Å²) in [5, 5.41) is 18.2. The van der Waals surface area contributed by atoms with E-state index in [9.17, 15) is 0 Å². The van der Waals surface area contributed by atoms with Gasteiger partial charge in [0.25, 0.3) is 6.67 Å². The van der Waals surface area contributed by atoms with E-state index in [1.165, 1.54) is 0 Å². The molecule has 0 bridgehead atoms. The predicted octanol–water partition coefficient (Wildman–Crippen LogP) is 0.0353. The Hall–Kier alpha value is -1.37. The third kappa shape index (κ3) is 8.82. The molecule has 0 fully saturated rings. The van der Waals surface area contributed by atoms with E-state index in [0.29, 0.717) is 0 Å². The van der Waals surface area contributed by atoms with Crippen molar-refractivity contribution in [3.8, 4) is 0 Å². The topological polar surface area (TPSA) is 123 Å². The maximum Gasteiger partial charge on any atom is 0.253 e. The van der Waals surface area contributed by atoms with Crippen LogP contribution >= 0.6 is 0 Å². The SMILES string of the molecule is O=[N+]([O-])[CH-][N+](=O)[O-].[NH4+]. The number of hydrogen-bond donors (Lipinski definition) is 1. The lowest BCUT2D eigenvalue weighted by Gasteiger charge is -1.90. The van der Waals surface area contributed by atoms with Crippen LogP contribution in [-0.4, -0.2) is 9.85 Å². The van der Waals surface area contributed by atoms with Gasteiger partial charge in [-0.3, -0.25) is 20.2 Å². The molecule has 0 saturated carbocycles. The molecule has 0 aliphatic heterocycles. The molecule has 7 nitrogen and oxygen atoms in total. The van der Waals surface area contributed by atoms with Crippen molar-refractivity contribution in [3.63, 3.8) is 0 Å². The molecule has 0 spiro atoms. The molecule has 0 rings (SSSR count). The fraction of sp³-hybridized carbons (Fsp3) is 0. The Kier molecular flexibility index (Phi) is 4.67. The first kappa shape index (κ1) is 9.80. The van der Waals surface area contributed by atoms with Crippen molar-refractivity contribution >= 4 is 0 Å². The Bertz CT molecular complexity index is 87.5. The van der Waals surface area contributed by atoms with E-state index in [-0.39, 0.29) is 12.8 Å². The van der Waals surface area contributed by atoms with Crippen LogP contribution in [0.3, 0.4) is 0 Å². The van der Waals surface area contributed by atoms with E-state index in [1.807, 2.05) is 0 Å². The van der Waals surface area contributed by atoms with Gasteiger partial charge >= 0.3 is 0 Å². The third-order valence-electron chi connectivity index (χ3n) is 0.189. The van der Waals surface area contributed by atoms with Crippen LogP contribution in [-0.2, 0) is 0 Å². The van der Waals surface area contributed by atoms with E-state index < -0.39 is 9.85 Å². The minimum absolute atomic E-state index is 0. The van der Waals surface area contributed by atoms with Crippen LogP contribution in [0.4, 0.5) is 0 Å². The third-order valence-corrected chi connectivity index (χ3v) is 0.189. The molecule has 7 heteroatoms. The largest absolute Gasteiger partial charge is 0.369 e. The molecular formula is CH5N3O4. The Morgan fingerprint density at radius 3 is 1.38 bits per heavy atom. The highest BCUT2D eigenvalue weighted by Gasteiger charge is 1.88. The first-order chi connectivity index (χ1) is 3.13. The van der Waals surface area contributed by atoms with Gasteiger partial charge in [-0.25, -0.2) is 0 Å². The molecule has 0 aromatic rings. The Balaban J connectivity index is 0. The quantitative estimate of drug-likeness (QED) is 0.316. The molecule has 0 aliphatic rings. The van der Waals surface area contributed by atoms with Gasteiger partial charge in [0.2, 0.25) is 0 Å². The lowest BCUT2D eigenvalue weighted by atomic mass is 11.2. The van der Waals surface area contributed by atoms with Crippen molar-refractivity contribution in [2.75, 3.05) is 0 Å². The first-order valence-corrected chi connectivity index (χ1v) is 1.25. The van der Waals surface area contributed by atoms with Crippen LogP contribution in [0.25, 0.3) is 0 Å². The lowest BCUT2D eigenvalue weighted by Crippen LogP contribution is -2.02. The highest BCUT2D eigenvalue weighted by atomic mass is 16.7. The smallest absolute Gasteiger partial charge is 0.253 e. The summed E-state index contributed by atoms with van der Waals surface area (Å²) in [7, 11) is 0. The summed E-state index contributed by atoms with van der Waals surface area (Å²) in [6.45, 7) is -0.222. The lowest BCUT2D eigenvalue weighted by molar-refractivity contribution is -0.630. The molecule has 0 heterocycles. The van der Waals surface area contributed by atoms with Crippen LogP contribution < -0.4 is 6.15 Å². The normalized spacial score (nSPS) is 6.50. The molecule has 0 radical (unpaired) electrons. The number of quaternary nitrogens is 1. The van der Waals surface area contributed by atoms with Gasteiger partial charge in [-0.05, 0) is 9.85 Å². The molecule has 0 unspecified atom stereocenters. The van der Waals surface area contributed by atoms with Crippen LogP contribution in [0, 0.1) is 26.9 Å². The second kappa shape index (κ2) is 3.81. The summed E-state index contributed by atoms with van der Waals surface area (Å²) in [4.78, 5) is 16.0. The summed E-state index contributed by atoms with van der Waals surface area (Å²) in [6, 6.07) is 0. The molecule has 0 amide bonds. The molecule has 8 heavy (non-hydrogen) atoms. The standard InChI is InChI=1S/CHN2O4.H3N/c4-2(5)1-3(6)7;/h1H;1H3/q-1;/p+1. The van der Waals surface area contributed by atoms with Gasteiger partial charge in [0, 0.05) is 0 Å². The summed E-state index contributed by atoms with van der Waals surface area (Å²) < 4.78 is 0. The van der Waals surface area contributed by atoms with Gasteiger partial charge < -0.3 is 6.15 Å². The van der Waals surface area contributed by atoms with Gasteiger partial charge in [0.1, 0.15) is 0 Å². The van der Waals surface area contributed by atoms with Crippen molar-refractivity contribution in [2.45, 2.75) is 0 Å². The van der Waals surface area contributed by atoms with Gasteiger partial charge in [0.05, 0.1) is 0 Å². The summed E-state index contributed by atoms with van der Waals surface area (Å²) >= 11 is 0. The van der Waals surface area contributed by atoms with E-state index >= 15 is 0 Å². The fourth-order valence-electron chi connectivity index (χ4n) is 0.0770. The van der Waals surface area contributed by atoms with E-state index in [4.69, 9.17) is 20.2 Å². The highest BCUT2D eigenvalue weighted by Crippen LogP contribution is 1.75. The zero-order chi connectivity index (χ0) is 5.86. The maximum atomic E-state index is 9.12. The number of nitro groups is 2. The minimum Gasteiger partial charge on any atom is -0.369 e. The Labute approximate surface area is 44.2 Å². The molecule has 0 saturated heterocycles. The first-order valence-electron chi connectivity index (χ1n) is 1.25. The van der Waals surface area contributed by atoms with E-state index in [2.05, 4.69) is 0 Å². The van der Waals surface area contributed by atoms with Crippen molar-refractivity contribution < 1.29 is 9.85 Å². The zero-order valence-electron chi connectivity index (χ0n) is 4.10. The average molecular weight is 123 g/mol. The molecule has 0 atom stereocenters. The Morgan fingerprint density at radius 1 is 1.12 bits per heavy atom. The second-order valence-corrected chi connectivity index (χ2v) is 0.686. The summed E-state index contributed by atoms with van der Waals surface area (Å²) in [6.07, 6.45) is 0. The molecule has 0 aromatic heterocycles. The average Bonchev–Trinajstić information content (AvgIpc) is 1.27. The minimum atomic E-state index is -1.12. The fourth-order valence-corrected chi connectivity index (χ4v) is 0.0770. The summed E-state index contributed by atoms with van der Waals surface area (Å²) in [5.41, 5.74) is 0. The monoisotopic (exact) mass is 123 g/mol. The summed E-state index contributed by atoms with van der Waals surface area (Å²) in [5.74, 6) is 0. The second-order valence-electron chi connectivity index (χ2n) is 0.686. The molecule has 0 aromatic carbocycles.